The summed E-state index contributed by atoms with van der Waals surface area (Å²) in [6, 6.07) is 10.9. The number of ether oxygens (including phenoxy) is 2. The van der Waals surface area contributed by atoms with Crippen molar-refractivity contribution in [1.29, 1.82) is 0 Å². The Bertz CT molecular complexity index is 1510. The van der Waals surface area contributed by atoms with Crippen LogP contribution in [-0.2, 0) is 13.0 Å². The molecule has 4 rings (SSSR count). The topological polar surface area (TPSA) is 112 Å². The van der Waals surface area contributed by atoms with Crippen LogP contribution < -0.4 is 30.7 Å². The van der Waals surface area contributed by atoms with E-state index >= 15 is 0 Å². The van der Waals surface area contributed by atoms with Gasteiger partial charge in [0.05, 0.1) is 20.8 Å². The van der Waals surface area contributed by atoms with Gasteiger partial charge in [0.2, 0.25) is 11.5 Å². The van der Waals surface area contributed by atoms with Crippen molar-refractivity contribution in [1.82, 2.24) is 14.7 Å². The number of carbonyl (C=O) groups excluding carboxylic acids is 1. The smallest absolute Gasteiger partial charge is 0.278 e. The monoisotopic (exact) mass is 490 g/mol. The van der Waals surface area contributed by atoms with Crippen LogP contribution in [0.1, 0.15) is 35.3 Å². The maximum absolute atomic E-state index is 13.5. The average Bonchev–Trinajstić information content (AvgIpc) is 2.87. The summed E-state index contributed by atoms with van der Waals surface area (Å²) < 4.78 is 14.0. The van der Waals surface area contributed by atoms with Gasteiger partial charge in [-0.1, -0.05) is 31.0 Å². The molecular weight excluding hydrogens is 458 g/mol. The van der Waals surface area contributed by atoms with Crippen LogP contribution in [0.4, 0.5) is 5.82 Å². The number of aromatic nitrogens is 3. The SMILES string of the molecule is COc1ccc(CC[n+]2c(N)c(C(=O)NCC(C)C)cc3c(=O)n4cccc(C)c4nc32)cc1OC. The number of nitrogen functional groups attached to an aromatic ring is 1. The number of anilines is 1. The van der Waals surface area contributed by atoms with E-state index in [0.29, 0.717) is 47.7 Å². The van der Waals surface area contributed by atoms with Crippen molar-refractivity contribution in [2.24, 2.45) is 5.92 Å². The molecule has 0 bridgehead atoms. The van der Waals surface area contributed by atoms with Crippen LogP contribution in [0, 0.1) is 12.8 Å². The molecule has 0 atom stereocenters. The summed E-state index contributed by atoms with van der Waals surface area (Å²) in [7, 11) is 3.18. The van der Waals surface area contributed by atoms with E-state index in [0.717, 1.165) is 11.1 Å². The Balaban J connectivity index is 1.87. The molecule has 3 heterocycles. The van der Waals surface area contributed by atoms with Gasteiger partial charge in [-0.2, -0.15) is 0 Å². The fourth-order valence-electron chi connectivity index (χ4n) is 4.19. The van der Waals surface area contributed by atoms with Crippen molar-refractivity contribution in [2.75, 3.05) is 26.5 Å². The van der Waals surface area contributed by atoms with Gasteiger partial charge in [0.25, 0.3) is 17.1 Å². The molecule has 0 aliphatic carbocycles. The van der Waals surface area contributed by atoms with Crippen LogP contribution in [0.2, 0.25) is 0 Å². The van der Waals surface area contributed by atoms with Crippen molar-refractivity contribution < 1.29 is 18.8 Å². The van der Waals surface area contributed by atoms with Crippen molar-refractivity contribution >= 4 is 28.4 Å². The molecule has 0 saturated carbocycles. The van der Waals surface area contributed by atoms with Gasteiger partial charge in [-0.15, -0.1) is 0 Å². The molecule has 0 aliphatic heterocycles. The Kier molecular flexibility index (Phi) is 7.10. The van der Waals surface area contributed by atoms with E-state index in [1.165, 1.54) is 4.40 Å². The fourth-order valence-corrected chi connectivity index (χ4v) is 4.19. The zero-order valence-corrected chi connectivity index (χ0v) is 21.3. The Hall–Kier alpha value is -4.14. The lowest BCUT2D eigenvalue weighted by molar-refractivity contribution is -0.658. The number of benzene rings is 1. The third kappa shape index (κ3) is 4.68. The first-order valence-corrected chi connectivity index (χ1v) is 11.9. The van der Waals surface area contributed by atoms with Crippen LogP contribution >= 0.6 is 0 Å². The summed E-state index contributed by atoms with van der Waals surface area (Å²) in [5.74, 6) is 1.47. The molecular formula is C27H32N5O4+. The molecule has 1 aromatic carbocycles. The molecule has 0 spiro atoms. The summed E-state index contributed by atoms with van der Waals surface area (Å²) in [6.45, 7) is 6.82. The Morgan fingerprint density at radius 3 is 2.61 bits per heavy atom. The minimum Gasteiger partial charge on any atom is -0.493 e. The number of hydrogen-bond donors (Lipinski definition) is 2. The number of nitrogens with one attached hydrogen (secondary N) is 1. The maximum Gasteiger partial charge on any atom is 0.278 e. The van der Waals surface area contributed by atoms with Crippen LogP contribution in [0.25, 0.3) is 16.7 Å². The van der Waals surface area contributed by atoms with E-state index in [-0.39, 0.29) is 28.8 Å². The van der Waals surface area contributed by atoms with Crippen molar-refractivity contribution in [3.8, 4) is 11.5 Å². The zero-order chi connectivity index (χ0) is 26.0. The van der Waals surface area contributed by atoms with Gasteiger partial charge in [-0.05, 0) is 42.7 Å². The van der Waals surface area contributed by atoms with Crippen LogP contribution in [0.3, 0.4) is 0 Å². The normalized spacial score (nSPS) is 11.3. The zero-order valence-electron chi connectivity index (χ0n) is 21.3. The van der Waals surface area contributed by atoms with Crippen molar-refractivity contribution in [2.45, 2.75) is 33.7 Å². The Labute approximate surface area is 209 Å². The molecule has 0 unspecified atom stereocenters. The third-order valence-electron chi connectivity index (χ3n) is 6.16. The highest BCUT2D eigenvalue weighted by atomic mass is 16.5. The second-order valence-corrected chi connectivity index (χ2v) is 9.18. The van der Waals surface area contributed by atoms with Gasteiger partial charge in [-0.3, -0.25) is 14.0 Å². The highest BCUT2D eigenvalue weighted by molar-refractivity contribution is 6.00. The molecule has 9 nitrogen and oxygen atoms in total. The molecule has 0 saturated heterocycles. The fraction of sp³-hybridized carbons (Fsp3) is 0.333. The molecule has 0 radical (unpaired) electrons. The first kappa shape index (κ1) is 25.0. The number of methoxy groups -OCH3 is 2. The summed E-state index contributed by atoms with van der Waals surface area (Å²) >= 11 is 0. The summed E-state index contributed by atoms with van der Waals surface area (Å²) in [6.07, 6.45) is 2.25. The molecule has 4 aromatic rings. The van der Waals surface area contributed by atoms with Gasteiger partial charge in [-0.25, -0.2) is 4.57 Å². The summed E-state index contributed by atoms with van der Waals surface area (Å²) in [5, 5.41) is 3.23. The molecule has 0 fully saturated rings. The Morgan fingerprint density at radius 1 is 1.17 bits per heavy atom. The summed E-state index contributed by atoms with van der Waals surface area (Å²) in [4.78, 5) is 31.4. The van der Waals surface area contributed by atoms with Crippen LogP contribution in [-0.4, -0.2) is 36.1 Å². The van der Waals surface area contributed by atoms with E-state index in [2.05, 4.69) is 5.32 Å². The number of aryl methyl sites for hydroxylation is 3. The number of hydrogen-bond acceptors (Lipinski definition) is 6. The van der Waals surface area contributed by atoms with E-state index in [9.17, 15) is 9.59 Å². The Morgan fingerprint density at radius 2 is 1.92 bits per heavy atom. The van der Waals surface area contributed by atoms with E-state index in [1.807, 2.05) is 45.0 Å². The molecule has 3 aromatic heterocycles. The van der Waals surface area contributed by atoms with Crippen LogP contribution in [0.5, 0.6) is 11.5 Å². The minimum absolute atomic E-state index is 0.252. The molecule has 1 amide bonds. The lowest BCUT2D eigenvalue weighted by Gasteiger charge is -2.14. The van der Waals surface area contributed by atoms with E-state index in [1.54, 1.807) is 37.1 Å². The predicted octanol–water partition coefficient (Wildman–Crippen LogP) is 2.67. The summed E-state index contributed by atoms with van der Waals surface area (Å²) in [5.41, 5.74) is 9.39. The molecule has 0 aliphatic rings. The quantitative estimate of drug-likeness (QED) is 0.290. The molecule has 36 heavy (non-hydrogen) atoms. The average molecular weight is 491 g/mol. The van der Waals surface area contributed by atoms with Crippen LogP contribution in [0.15, 0.2) is 47.4 Å². The first-order chi connectivity index (χ1) is 17.2. The van der Waals surface area contributed by atoms with Gasteiger partial charge < -0.3 is 20.5 Å². The molecule has 9 heteroatoms. The number of amides is 1. The van der Waals surface area contributed by atoms with E-state index in [4.69, 9.17) is 20.2 Å². The van der Waals surface area contributed by atoms with Crippen molar-refractivity contribution in [3.05, 3.63) is 69.6 Å². The second-order valence-electron chi connectivity index (χ2n) is 9.18. The number of fused-ring (bicyclic) bond motifs is 2. The molecule has 188 valence electrons. The number of rotatable bonds is 8. The first-order valence-electron chi connectivity index (χ1n) is 11.9. The largest absolute Gasteiger partial charge is 0.493 e. The maximum atomic E-state index is 13.5. The number of nitrogens with zero attached hydrogens (tertiary/aromatic N) is 3. The highest BCUT2D eigenvalue weighted by Gasteiger charge is 2.25. The third-order valence-corrected chi connectivity index (χ3v) is 6.16. The highest BCUT2D eigenvalue weighted by Crippen LogP contribution is 2.28. The lowest BCUT2D eigenvalue weighted by Crippen LogP contribution is -2.43. The van der Waals surface area contributed by atoms with E-state index < -0.39 is 0 Å². The van der Waals surface area contributed by atoms with Crippen molar-refractivity contribution in [3.63, 3.8) is 0 Å². The molecule has 3 N–H and O–H groups in total. The van der Waals surface area contributed by atoms with Gasteiger partial charge in [0.1, 0.15) is 10.9 Å². The number of nitrogens with two attached hydrogens (primary N) is 1. The number of pyridine rings is 2. The number of carbonyl (C=O) groups is 1. The lowest BCUT2D eigenvalue weighted by atomic mass is 10.1. The van der Waals surface area contributed by atoms with Gasteiger partial charge in [0, 0.05) is 24.7 Å². The minimum atomic E-state index is -0.322. The van der Waals surface area contributed by atoms with Gasteiger partial charge >= 0.3 is 0 Å². The standard InChI is InChI=1S/C27H31N5O4/c1-16(2)15-29-26(33)19-14-20-25(30-24-17(3)7-6-11-32(24)27(20)34)31(23(19)28)12-10-18-8-9-21(35-4)22(13-18)36-5/h6-9,11,13-14,16,28H,10,12,15H2,1-5H3,(H,29,33)/p+1. The van der Waals surface area contributed by atoms with Gasteiger partial charge in [0.15, 0.2) is 11.5 Å². The second kappa shape index (κ2) is 10.2. The predicted molar refractivity (Wildman–Crippen MR) is 139 cm³/mol.